The molecule has 2 radical (unpaired) electrons. The molecule has 0 bridgehead atoms. The quantitative estimate of drug-likeness (QED) is 0.0644. The first kappa shape index (κ1) is 43.7. The van der Waals surface area contributed by atoms with Crippen molar-refractivity contribution in [1.29, 1.82) is 0 Å². The van der Waals surface area contributed by atoms with Gasteiger partial charge >= 0.3 is 17.9 Å². The summed E-state index contributed by atoms with van der Waals surface area (Å²) in [5.41, 5.74) is 1.21. The van der Waals surface area contributed by atoms with Crippen molar-refractivity contribution in [3.63, 3.8) is 0 Å². The van der Waals surface area contributed by atoms with Crippen molar-refractivity contribution >= 4 is 40.4 Å². The maximum Gasteiger partial charge on any atom is 0.343 e. The first-order chi connectivity index (χ1) is 22.8. The van der Waals surface area contributed by atoms with E-state index in [1.54, 1.807) is 43.5 Å². The zero-order valence-electron chi connectivity index (χ0n) is 28.0. The van der Waals surface area contributed by atoms with Crippen LogP contribution in [-0.2, 0) is 42.8 Å². The zero-order valence-corrected chi connectivity index (χ0v) is 29.1. The molecule has 0 amide bonds. The highest BCUT2D eigenvalue weighted by molar-refractivity contribution is 7.49. The smallest absolute Gasteiger partial charge is 0.343 e. The molecule has 1 aliphatic heterocycles. The van der Waals surface area contributed by atoms with E-state index in [4.69, 9.17) is 18.9 Å². The van der Waals surface area contributed by atoms with Crippen molar-refractivity contribution in [1.82, 2.24) is 4.90 Å². The summed E-state index contributed by atoms with van der Waals surface area (Å²) in [5.74, 6) is -0.461. The Hall–Kier alpha value is -3.35. The van der Waals surface area contributed by atoms with Gasteiger partial charge in [0.15, 0.2) is 12.4 Å². The summed E-state index contributed by atoms with van der Waals surface area (Å²) in [6, 6.07) is 15.7. The Labute approximate surface area is 282 Å². The molecule has 0 aliphatic carbocycles. The fourth-order valence-corrected chi connectivity index (χ4v) is 3.77. The van der Waals surface area contributed by atoms with E-state index < -0.39 is 5.97 Å². The minimum Gasteiger partial charge on any atom is -0.482 e. The molecule has 0 N–H and O–H groups in total. The van der Waals surface area contributed by atoms with Gasteiger partial charge in [-0.25, -0.2) is 9.59 Å². The van der Waals surface area contributed by atoms with Crippen molar-refractivity contribution in [3.8, 4) is 5.75 Å². The maximum atomic E-state index is 12.2. The molecule has 1 aliphatic rings. The van der Waals surface area contributed by atoms with Crippen molar-refractivity contribution in [2.75, 3.05) is 87.7 Å². The van der Waals surface area contributed by atoms with Gasteiger partial charge in [0.25, 0.3) is 0 Å². The van der Waals surface area contributed by atoms with Crippen LogP contribution in [0.25, 0.3) is 0 Å². The normalized spacial score (nSPS) is 11.9. The fourth-order valence-electron chi connectivity index (χ4n) is 3.77. The second kappa shape index (κ2) is 30.0. The Morgan fingerprint density at radius 1 is 0.660 bits per heavy atom. The summed E-state index contributed by atoms with van der Waals surface area (Å²) in [4.78, 5) is 46.8. The third-order valence-corrected chi connectivity index (χ3v) is 6.30. The molecule has 12 nitrogen and oxygen atoms in total. The average molecular weight is 678 g/mol. The number of ether oxygens (including phenoxy) is 7. The SMILES string of the molecule is COC(=O)CCN1CCCCC1.COC(=O)COc1ccc(C(=O)c2ccccc2)cc1.COCCOCCOCC(=O)OC.[B]P. The fraction of sp³-hybridized carbons (Fsp3) is 0.515. The summed E-state index contributed by atoms with van der Waals surface area (Å²) in [7, 11) is 12.0. The number of benzene rings is 2. The van der Waals surface area contributed by atoms with Crippen molar-refractivity contribution in [2.45, 2.75) is 25.7 Å². The second-order valence-corrected chi connectivity index (χ2v) is 9.55. The third kappa shape index (κ3) is 22.8. The van der Waals surface area contributed by atoms with Crippen molar-refractivity contribution in [2.24, 2.45) is 0 Å². The number of methoxy groups -OCH3 is 4. The summed E-state index contributed by atoms with van der Waals surface area (Å²) < 4.78 is 33.4. The van der Waals surface area contributed by atoms with Gasteiger partial charge in [-0.1, -0.05) is 36.8 Å². The minimum atomic E-state index is -0.450. The van der Waals surface area contributed by atoms with Crippen LogP contribution >= 0.6 is 9.12 Å². The molecule has 0 aromatic heterocycles. The molecular formula is C33H49BNO11P. The van der Waals surface area contributed by atoms with Gasteiger partial charge in [-0.3, -0.25) is 9.59 Å². The summed E-state index contributed by atoms with van der Waals surface area (Å²) in [6.45, 7) is 4.95. The topological polar surface area (TPSA) is 136 Å². The standard InChI is InChI=1S/C16H14O4.C9H17NO2.C8H16O5.BH2P/c1-19-15(17)11-20-14-9-7-13(8-10-14)16(18)12-5-3-2-4-6-12;1-12-9(11)5-8-10-6-3-2-4-7-10;1-10-3-4-12-5-6-13-7-8(9)11-2;1-2/h2-10H,11H2,1H3;2-8H2,1H3;3-7H2,1-2H3;2H2. The molecule has 0 spiro atoms. The summed E-state index contributed by atoms with van der Waals surface area (Å²) in [6.07, 6.45) is 4.44. The predicted molar refractivity (Wildman–Crippen MR) is 182 cm³/mol. The molecule has 2 aromatic rings. The first-order valence-corrected chi connectivity index (χ1v) is 15.7. The molecule has 3 rings (SSSR count). The van der Waals surface area contributed by atoms with Gasteiger partial charge in [-0.15, -0.1) is 0 Å². The van der Waals surface area contributed by atoms with Crippen LogP contribution in [0.1, 0.15) is 41.6 Å². The van der Waals surface area contributed by atoms with Crippen LogP contribution in [0.2, 0.25) is 0 Å². The van der Waals surface area contributed by atoms with Crippen LogP contribution in [0.5, 0.6) is 5.75 Å². The molecule has 47 heavy (non-hydrogen) atoms. The number of ketones is 1. The van der Waals surface area contributed by atoms with Gasteiger partial charge in [-0.2, -0.15) is 9.12 Å². The predicted octanol–water partition coefficient (Wildman–Crippen LogP) is 3.29. The van der Waals surface area contributed by atoms with E-state index in [9.17, 15) is 19.2 Å². The third-order valence-electron chi connectivity index (χ3n) is 6.30. The number of hydrogen-bond donors (Lipinski definition) is 0. The Balaban J connectivity index is 0.000000688. The largest absolute Gasteiger partial charge is 0.482 e. The Bertz CT molecular complexity index is 1100. The molecule has 0 saturated carbocycles. The molecule has 2 aromatic carbocycles. The van der Waals surface area contributed by atoms with Gasteiger partial charge in [0, 0.05) is 24.8 Å². The molecular weight excluding hydrogens is 628 g/mol. The molecule has 1 atom stereocenters. The summed E-state index contributed by atoms with van der Waals surface area (Å²) >= 11 is 0. The monoisotopic (exact) mass is 677 g/mol. The van der Waals surface area contributed by atoms with Crippen molar-refractivity contribution < 1.29 is 52.3 Å². The lowest BCUT2D eigenvalue weighted by Crippen LogP contribution is -2.31. The minimum absolute atomic E-state index is 0.0237. The van der Waals surface area contributed by atoms with E-state index in [0.29, 0.717) is 49.7 Å². The lowest BCUT2D eigenvalue weighted by molar-refractivity contribution is -0.146. The van der Waals surface area contributed by atoms with Crippen LogP contribution in [0, 0.1) is 0 Å². The highest BCUT2D eigenvalue weighted by Crippen LogP contribution is 2.15. The number of piperidine rings is 1. The van der Waals surface area contributed by atoms with Gasteiger partial charge in [-0.05, 0) is 50.2 Å². The number of likely N-dealkylation sites (tertiary alicyclic amines) is 1. The van der Waals surface area contributed by atoms with Crippen LogP contribution in [0.3, 0.4) is 0 Å². The number of hydrogen-bond acceptors (Lipinski definition) is 12. The molecule has 14 heteroatoms. The van der Waals surface area contributed by atoms with Crippen LogP contribution in [-0.4, -0.2) is 124 Å². The van der Waals surface area contributed by atoms with E-state index in [1.807, 2.05) is 27.3 Å². The lowest BCUT2D eigenvalue weighted by atomic mass is 10.0. The van der Waals surface area contributed by atoms with Gasteiger partial charge < -0.3 is 38.1 Å². The summed E-state index contributed by atoms with van der Waals surface area (Å²) in [5, 5.41) is 0. The Morgan fingerprint density at radius 2 is 1.19 bits per heavy atom. The average Bonchev–Trinajstić information content (AvgIpc) is 3.14. The van der Waals surface area contributed by atoms with Crippen molar-refractivity contribution in [3.05, 3.63) is 65.7 Å². The highest BCUT2D eigenvalue weighted by atomic mass is 31.0. The molecule has 1 heterocycles. The first-order valence-electron chi connectivity index (χ1n) is 15.1. The van der Waals surface area contributed by atoms with Gasteiger partial charge in [0.1, 0.15) is 12.4 Å². The number of carbonyl (C=O) groups excluding carboxylic acids is 4. The van der Waals surface area contributed by atoms with E-state index in [1.165, 1.54) is 40.6 Å². The van der Waals surface area contributed by atoms with Crippen LogP contribution in [0.4, 0.5) is 0 Å². The number of nitrogens with zero attached hydrogens (tertiary/aromatic N) is 1. The number of esters is 3. The van der Waals surface area contributed by atoms with Crippen LogP contribution in [0.15, 0.2) is 54.6 Å². The molecule has 1 unspecified atom stereocenters. The van der Waals surface area contributed by atoms with Gasteiger partial charge in [0.2, 0.25) is 0 Å². The Morgan fingerprint density at radius 3 is 1.77 bits per heavy atom. The molecule has 1 saturated heterocycles. The molecule has 1 fully saturated rings. The van der Waals surface area contributed by atoms with Gasteiger partial charge in [0.05, 0.1) is 61.7 Å². The number of rotatable bonds is 16. The maximum absolute atomic E-state index is 12.2. The van der Waals surface area contributed by atoms with Crippen LogP contribution < -0.4 is 4.74 Å². The Kier molecular flexibility index (Phi) is 27.9. The molecule has 260 valence electrons. The van der Waals surface area contributed by atoms with E-state index >= 15 is 0 Å². The van der Waals surface area contributed by atoms with E-state index in [-0.39, 0.29) is 30.9 Å². The van der Waals surface area contributed by atoms with E-state index in [0.717, 1.165) is 19.6 Å². The van der Waals surface area contributed by atoms with E-state index in [2.05, 4.69) is 26.7 Å². The lowest BCUT2D eigenvalue weighted by Gasteiger charge is -2.25. The highest BCUT2D eigenvalue weighted by Gasteiger charge is 2.11. The zero-order chi connectivity index (χ0) is 35.1. The second-order valence-electron chi connectivity index (χ2n) is 9.55. The number of carbonyl (C=O) groups is 4.